The lowest BCUT2D eigenvalue weighted by Crippen LogP contribution is -2.48. The topological polar surface area (TPSA) is 113 Å². The number of hydrogen-bond acceptors (Lipinski definition) is 5. The molecule has 138 valence electrons. The van der Waals surface area contributed by atoms with E-state index in [1.165, 1.54) is 38.4 Å². The Morgan fingerprint density at radius 3 is 2.40 bits per heavy atom. The number of benzene rings is 1. The van der Waals surface area contributed by atoms with E-state index in [1.807, 2.05) is 0 Å². The Hall–Kier alpha value is -1.97. The van der Waals surface area contributed by atoms with Gasteiger partial charge < -0.3 is 15.2 Å². The summed E-state index contributed by atoms with van der Waals surface area (Å²) in [6.45, 7) is 0.885. The highest BCUT2D eigenvalue weighted by Crippen LogP contribution is 2.19. The zero-order chi connectivity index (χ0) is 18.6. The number of nitrogens with one attached hydrogen (secondary N) is 1. The summed E-state index contributed by atoms with van der Waals surface area (Å²) < 4.78 is 30.4. The Bertz CT molecular complexity index is 723. The summed E-state index contributed by atoms with van der Waals surface area (Å²) >= 11 is 0. The van der Waals surface area contributed by atoms with Gasteiger partial charge in [0.15, 0.2) is 0 Å². The van der Waals surface area contributed by atoms with E-state index in [0.717, 1.165) is 10.7 Å². The van der Waals surface area contributed by atoms with Crippen molar-refractivity contribution in [3.8, 4) is 0 Å². The number of carbonyl (C=O) groups is 2. The third-order valence-corrected chi connectivity index (χ3v) is 5.94. The van der Waals surface area contributed by atoms with Crippen LogP contribution < -0.4 is 5.32 Å². The Labute approximate surface area is 146 Å². The molecule has 1 fully saturated rings. The van der Waals surface area contributed by atoms with Crippen molar-refractivity contribution in [3.63, 3.8) is 0 Å². The third kappa shape index (κ3) is 4.56. The highest BCUT2D eigenvalue weighted by atomic mass is 32.2. The van der Waals surface area contributed by atoms with Crippen LogP contribution in [0, 0.1) is 5.92 Å². The van der Waals surface area contributed by atoms with Crippen LogP contribution >= 0.6 is 0 Å². The van der Waals surface area contributed by atoms with Crippen molar-refractivity contribution in [3.05, 3.63) is 29.8 Å². The Balaban J connectivity index is 2.12. The highest BCUT2D eigenvalue weighted by molar-refractivity contribution is 7.89. The summed E-state index contributed by atoms with van der Waals surface area (Å²) in [5.74, 6) is -1.97. The average Bonchev–Trinajstić information content (AvgIpc) is 2.59. The molecule has 2 rings (SSSR count). The first kappa shape index (κ1) is 19.4. The number of carboxylic acids is 1. The molecule has 1 saturated heterocycles. The normalized spacial score (nSPS) is 19.4. The second-order valence-corrected chi connectivity index (χ2v) is 8.23. The molecule has 9 heteroatoms. The van der Waals surface area contributed by atoms with E-state index in [-0.39, 0.29) is 23.0 Å². The molecule has 1 aliphatic heterocycles. The molecular weight excluding hydrogens is 348 g/mol. The van der Waals surface area contributed by atoms with Crippen molar-refractivity contribution in [2.75, 3.05) is 27.3 Å². The van der Waals surface area contributed by atoms with Crippen LogP contribution in [-0.2, 0) is 19.6 Å². The van der Waals surface area contributed by atoms with Crippen molar-refractivity contribution in [2.45, 2.75) is 23.8 Å². The summed E-state index contributed by atoms with van der Waals surface area (Å²) in [4.78, 5) is 23.9. The maximum absolute atomic E-state index is 12.3. The van der Waals surface area contributed by atoms with Crippen LogP contribution in [0.5, 0.6) is 0 Å². The summed E-state index contributed by atoms with van der Waals surface area (Å²) in [6.07, 6.45) is 1.42. The van der Waals surface area contributed by atoms with E-state index in [1.54, 1.807) is 0 Å². The monoisotopic (exact) mass is 370 g/mol. The Morgan fingerprint density at radius 2 is 1.92 bits per heavy atom. The summed E-state index contributed by atoms with van der Waals surface area (Å²) in [5.41, 5.74) is 0.195. The van der Waals surface area contributed by atoms with E-state index < -0.39 is 27.9 Å². The van der Waals surface area contributed by atoms with Gasteiger partial charge in [-0.1, -0.05) is 0 Å². The van der Waals surface area contributed by atoms with E-state index in [9.17, 15) is 23.1 Å². The van der Waals surface area contributed by atoms with Gasteiger partial charge in [-0.3, -0.25) is 4.79 Å². The quantitative estimate of drug-likeness (QED) is 0.756. The molecule has 1 aromatic rings. The summed E-state index contributed by atoms with van der Waals surface area (Å²) in [6, 6.07) is 4.33. The van der Waals surface area contributed by atoms with Crippen LogP contribution in [0.25, 0.3) is 0 Å². The van der Waals surface area contributed by atoms with Gasteiger partial charge in [-0.25, -0.2) is 17.5 Å². The minimum absolute atomic E-state index is 0.0597. The Kier molecular flexibility index (Phi) is 6.15. The molecule has 1 aliphatic rings. The number of sulfonamides is 1. The summed E-state index contributed by atoms with van der Waals surface area (Å²) in [5, 5.41) is 11.9. The fraction of sp³-hybridized carbons (Fsp3) is 0.500. The van der Waals surface area contributed by atoms with E-state index >= 15 is 0 Å². The molecule has 8 nitrogen and oxygen atoms in total. The summed E-state index contributed by atoms with van der Waals surface area (Å²) in [7, 11) is -0.749. The minimum Gasteiger partial charge on any atom is -0.480 e. The van der Waals surface area contributed by atoms with Crippen molar-refractivity contribution in [2.24, 2.45) is 5.92 Å². The zero-order valence-electron chi connectivity index (χ0n) is 14.1. The molecule has 0 aromatic heterocycles. The van der Waals surface area contributed by atoms with Crippen LogP contribution in [0.15, 0.2) is 29.2 Å². The number of ether oxygens (including phenoxy) is 1. The number of nitrogens with zero attached hydrogens (tertiary/aromatic N) is 1. The SMILES string of the molecule is CN(C)S(=O)(=O)c1ccc(C(=O)NC(C(=O)O)C2CCCOC2)cc1. The van der Waals surface area contributed by atoms with E-state index in [4.69, 9.17) is 4.74 Å². The number of carboxylic acid groups (broad SMARTS) is 1. The lowest BCUT2D eigenvalue weighted by molar-refractivity contribution is -0.142. The van der Waals surface area contributed by atoms with Crippen LogP contribution in [-0.4, -0.2) is 63.1 Å². The van der Waals surface area contributed by atoms with Gasteiger partial charge in [-0.2, -0.15) is 0 Å². The maximum atomic E-state index is 12.3. The fourth-order valence-corrected chi connectivity index (χ4v) is 3.53. The molecule has 2 atom stereocenters. The predicted molar refractivity (Wildman–Crippen MR) is 89.7 cm³/mol. The first-order valence-corrected chi connectivity index (χ1v) is 9.31. The molecule has 1 amide bonds. The van der Waals surface area contributed by atoms with Gasteiger partial charge >= 0.3 is 5.97 Å². The van der Waals surface area contributed by atoms with Crippen LogP contribution in [0.1, 0.15) is 23.2 Å². The maximum Gasteiger partial charge on any atom is 0.326 e. The molecule has 1 heterocycles. The number of amides is 1. The number of hydrogen-bond donors (Lipinski definition) is 2. The number of aliphatic carboxylic acids is 1. The molecule has 1 aromatic carbocycles. The van der Waals surface area contributed by atoms with Gasteiger partial charge in [-0.05, 0) is 37.1 Å². The molecule has 0 bridgehead atoms. The minimum atomic E-state index is -3.58. The van der Waals surface area contributed by atoms with Gasteiger partial charge in [0.1, 0.15) is 6.04 Å². The second kappa shape index (κ2) is 7.94. The van der Waals surface area contributed by atoms with Crippen molar-refractivity contribution >= 4 is 21.9 Å². The van der Waals surface area contributed by atoms with Crippen LogP contribution in [0.2, 0.25) is 0 Å². The smallest absolute Gasteiger partial charge is 0.326 e. The fourth-order valence-electron chi connectivity index (χ4n) is 2.62. The van der Waals surface area contributed by atoms with E-state index in [2.05, 4.69) is 5.32 Å². The molecular formula is C16H22N2O6S. The van der Waals surface area contributed by atoms with E-state index in [0.29, 0.717) is 13.0 Å². The molecule has 0 radical (unpaired) electrons. The highest BCUT2D eigenvalue weighted by Gasteiger charge is 2.31. The lowest BCUT2D eigenvalue weighted by atomic mass is 9.93. The number of rotatable bonds is 6. The van der Waals surface area contributed by atoms with Gasteiger partial charge in [0.25, 0.3) is 5.91 Å². The molecule has 0 saturated carbocycles. The van der Waals surface area contributed by atoms with Gasteiger partial charge in [0.05, 0.1) is 11.5 Å². The first-order chi connectivity index (χ1) is 11.7. The van der Waals surface area contributed by atoms with Crippen molar-refractivity contribution in [1.29, 1.82) is 0 Å². The van der Waals surface area contributed by atoms with Crippen molar-refractivity contribution < 1.29 is 27.9 Å². The van der Waals surface area contributed by atoms with Crippen molar-refractivity contribution in [1.82, 2.24) is 9.62 Å². The predicted octanol–water partition coefficient (Wildman–Crippen LogP) is 0.547. The molecule has 0 spiro atoms. The van der Waals surface area contributed by atoms with Gasteiger partial charge in [0.2, 0.25) is 10.0 Å². The van der Waals surface area contributed by atoms with Gasteiger partial charge in [0, 0.05) is 32.2 Å². The first-order valence-electron chi connectivity index (χ1n) is 7.87. The van der Waals surface area contributed by atoms with Crippen LogP contribution in [0.4, 0.5) is 0 Å². The zero-order valence-corrected chi connectivity index (χ0v) is 15.0. The molecule has 2 unspecified atom stereocenters. The average molecular weight is 370 g/mol. The number of carbonyl (C=O) groups excluding carboxylic acids is 1. The standard InChI is InChI=1S/C16H22N2O6S/c1-18(2)25(22,23)13-7-5-11(6-8-13)15(19)17-14(16(20)21)12-4-3-9-24-10-12/h5-8,12,14H,3-4,9-10H2,1-2H3,(H,17,19)(H,20,21). The van der Waals surface area contributed by atoms with Gasteiger partial charge in [-0.15, -0.1) is 0 Å². The largest absolute Gasteiger partial charge is 0.480 e. The van der Waals surface area contributed by atoms with Crippen LogP contribution in [0.3, 0.4) is 0 Å². The molecule has 0 aliphatic carbocycles. The second-order valence-electron chi connectivity index (χ2n) is 6.08. The Morgan fingerprint density at radius 1 is 1.28 bits per heavy atom. The molecule has 2 N–H and O–H groups in total. The molecule has 25 heavy (non-hydrogen) atoms. The third-order valence-electron chi connectivity index (χ3n) is 4.11. The lowest BCUT2D eigenvalue weighted by Gasteiger charge is -2.28.